The molecule has 0 aromatic heterocycles. The largest absolute Gasteiger partial charge is 0.786 e. The number of hydrogen-bond donors (Lipinski definition) is 0. The predicted octanol–water partition coefficient (Wildman–Crippen LogP) is -0.0978. The summed E-state index contributed by atoms with van der Waals surface area (Å²) < 4.78 is 10.0. The molecule has 0 aromatic rings. The number of Topliss-reactive ketones (excluding diaryl/α,β-unsaturated/α-hetero) is 1. The first-order chi connectivity index (χ1) is 5.20. The zero-order chi connectivity index (χ0) is 8.43. The van der Waals surface area contributed by atoms with Crippen molar-refractivity contribution in [1.82, 2.24) is 0 Å². The van der Waals surface area contributed by atoms with Gasteiger partial charge >= 0.3 is 0 Å². The van der Waals surface area contributed by atoms with Crippen molar-refractivity contribution in [2.75, 3.05) is 14.2 Å². The van der Waals surface area contributed by atoms with Crippen LogP contribution in [0.15, 0.2) is 0 Å². The monoisotopic (exact) mass is 359 g/mol. The molecule has 70 valence electrons. The average molecular weight is 359 g/mol. The van der Waals surface area contributed by atoms with E-state index in [1.54, 1.807) is 7.11 Å². The summed E-state index contributed by atoms with van der Waals surface area (Å²) in [7, 11) is 3.05. The molecule has 0 amide bonds. The van der Waals surface area contributed by atoms with Crippen LogP contribution in [0.2, 0.25) is 0 Å². The molecule has 3 atom stereocenters. The molecule has 0 bridgehead atoms. The van der Waals surface area contributed by atoms with Crippen LogP contribution < -0.4 is 0 Å². The second-order valence-corrected chi connectivity index (χ2v) is 3.17. The van der Waals surface area contributed by atoms with E-state index in [9.17, 15) is 4.79 Å². The van der Waals surface area contributed by atoms with Crippen LogP contribution in [0.5, 0.6) is 0 Å². The molecule has 1 rings (SSSR count). The Morgan fingerprint density at radius 1 is 1.42 bits per heavy atom. The second-order valence-electron chi connectivity index (χ2n) is 2.57. The van der Waals surface area contributed by atoms with Gasteiger partial charge < -0.3 is 22.1 Å². The summed E-state index contributed by atoms with van der Waals surface area (Å²) in [4.78, 5) is 11.1. The third-order valence-corrected chi connectivity index (χ3v) is 2.35. The topological polar surface area (TPSA) is 35.5 Å². The summed E-state index contributed by atoms with van der Waals surface area (Å²) in [6.07, 6.45) is -0.281. The Balaban J connectivity index is 0.00000121. The number of hydrogen-bond acceptors (Lipinski definition) is 4. The zero-order valence-electron chi connectivity index (χ0n) is 6.98. The van der Waals surface area contributed by atoms with Gasteiger partial charge in [-0.05, 0) is 6.42 Å². The third kappa shape index (κ3) is 2.32. The van der Waals surface area contributed by atoms with Gasteiger partial charge in [-0.1, -0.05) is 0 Å². The number of carbonyl (C=O) groups excluding carboxylic acids is 1. The van der Waals surface area contributed by atoms with Gasteiger partial charge in [0.05, 0.1) is 6.10 Å². The molecule has 0 saturated heterocycles. The summed E-state index contributed by atoms with van der Waals surface area (Å²) in [6.45, 7) is 0. The molecular weight excluding hydrogens is 348 g/mol. The Hall–Kier alpha value is 0.628. The van der Waals surface area contributed by atoms with E-state index < -0.39 is 6.10 Å². The van der Waals surface area contributed by atoms with Crippen LogP contribution in [0.1, 0.15) is 6.42 Å². The predicted molar refractivity (Wildman–Crippen MR) is 42.4 cm³/mol. The Labute approximate surface area is 91.9 Å². The molecule has 1 saturated carbocycles. The fourth-order valence-corrected chi connectivity index (χ4v) is 1.77. The Morgan fingerprint density at radius 2 is 2.00 bits per heavy atom. The molecule has 0 spiro atoms. The van der Waals surface area contributed by atoms with Crippen LogP contribution >= 0.6 is 0 Å². The zero-order valence-corrected chi connectivity index (χ0v) is 10.7. The molecule has 1 aliphatic rings. The van der Waals surface area contributed by atoms with E-state index in [1.165, 1.54) is 7.11 Å². The van der Waals surface area contributed by atoms with E-state index in [0.717, 1.165) is 0 Å². The summed E-state index contributed by atoms with van der Waals surface area (Å²) >= 11 is 5.02. The van der Waals surface area contributed by atoms with Crippen molar-refractivity contribution in [2.45, 2.75) is 23.9 Å². The van der Waals surface area contributed by atoms with Crippen LogP contribution in [0.25, 0.3) is 0 Å². The van der Waals surface area contributed by atoms with E-state index >= 15 is 0 Å². The quantitative estimate of drug-likeness (QED) is 0.646. The minimum Gasteiger partial charge on any atom is -0.786 e. The molecule has 0 aromatic carbocycles. The Kier molecular flexibility index (Phi) is 5.66. The molecule has 1 fully saturated rings. The van der Waals surface area contributed by atoms with Crippen LogP contribution in [0, 0.1) is 0 Å². The molecule has 3 unspecified atom stereocenters. The van der Waals surface area contributed by atoms with Crippen molar-refractivity contribution in [2.24, 2.45) is 0 Å². The van der Waals surface area contributed by atoms with Crippen LogP contribution in [-0.2, 0) is 48.0 Å². The fraction of sp³-hybridized carbons (Fsp3) is 0.857. The van der Waals surface area contributed by atoms with Crippen LogP contribution in [0.4, 0.5) is 0 Å². The normalized spacial score (nSPS) is 34.9. The van der Waals surface area contributed by atoms with Gasteiger partial charge in [-0.2, -0.15) is 0 Å². The van der Waals surface area contributed by atoms with Crippen molar-refractivity contribution in [1.29, 1.82) is 0 Å². The summed E-state index contributed by atoms with van der Waals surface area (Å²) in [5.41, 5.74) is 0. The van der Waals surface area contributed by atoms with E-state index in [4.69, 9.17) is 22.1 Å². The maximum absolute atomic E-state index is 11.1. The maximum Gasteiger partial charge on any atom is 0.162 e. The summed E-state index contributed by atoms with van der Waals surface area (Å²) in [6, 6.07) is 0. The first-order valence-electron chi connectivity index (χ1n) is 3.44. The second kappa shape index (κ2) is 5.38. The van der Waals surface area contributed by atoms with Gasteiger partial charge in [0.2, 0.25) is 0 Å². The third-order valence-electron chi connectivity index (χ3n) is 1.91. The molecule has 0 heterocycles. The van der Waals surface area contributed by atoms with Gasteiger partial charge in [-0.3, -0.25) is 4.79 Å². The van der Waals surface area contributed by atoms with Crippen molar-refractivity contribution in [3.63, 3.8) is 0 Å². The van der Waals surface area contributed by atoms with Gasteiger partial charge in [0.15, 0.2) is 5.78 Å². The Bertz CT molecular complexity index is 165. The number of rotatable bonds is 2. The molecule has 1 aliphatic carbocycles. The molecule has 12 heavy (non-hydrogen) atoms. The fourth-order valence-electron chi connectivity index (χ4n) is 1.35. The molecule has 0 radical (unpaired) electrons. The van der Waals surface area contributed by atoms with Gasteiger partial charge in [-0.25, -0.2) is 0 Å². The van der Waals surface area contributed by atoms with Gasteiger partial charge in [0.25, 0.3) is 0 Å². The van der Waals surface area contributed by atoms with E-state index in [-0.39, 0.29) is 38.2 Å². The van der Waals surface area contributed by atoms with Crippen molar-refractivity contribution >= 4 is 18.4 Å². The van der Waals surface area contributed by atoms with Gasteiger partial charge in [0.1, 0.15) is 6.10 Å². The van der Waals surface area contributed by atoms with E-state index in [2.05, 4.69) is 0 Å². The average Bonchev–Trinajstić information content (AvgIpc) is 2.24. The standard InChI is InChI=1S/C7H12O3S.W/c1-9-6-4(8)3-5(11)7(6)10-2;/h5-7,11H,3H2,1-2H3;/p-1. The van der Waals surface area contributed by atoms with Crippen molar-refractivity contribution in [3.05, 3.63) is 0 Å². The summed E-state index contributed by atoms with van der Waals surface area (Å²) in [5, 5.41) is -0.127. The smallest absolute Gasteiger partial charge is 0.162 e. The molecule has 3 nitrogen and oxygen atoms in total. The first-order valence-corrected chi connectivity index (χ1v) is 3.92. The van der Waals surface area contributed by atoms with E-state index in [0.29, 0.717) is 6.42 Å². The van der Waals surface area contributed by atoms with Crippen molar-refractivity contribution in [3.8, 4) is 0 Å². The number of ketones is 1. The maximum atomic E-state index is 11.1. The van der Waals surface area contributed by atoms with Crippen LogP contribution in [-0.4, -0.2) is 37.5 Å². The molecule has 5 heteroatoms. The molecule has 0 N–H and O–H groups in total. The SMILES string of the molecule is COC1C(=O)CC([S-])C1OC.[W]. The number of methoxy groups -OCH3 is 2. The molecule has 0 aliphatic heterocycles. The number of ether oxygens (including phenoxy) is 2. The van der Waals surface area contributed by atoms with Gasteiger partial charge in [0, 0.05) is 35.3 Å². The van der Waals surface area contributed by atoms with E-state index in [1.807, 2.05) is 0 Å². The first kappa shape index (κ1) is 12.6. The Morgan fingerprint density at radius 3 is 2.33 bits per heavy atom. The molecular formula is C7H11O3SW-. The van der Waals surface area contributed by atoms with Crippen molar-refractivity contribution < 1.29 is 35.3 Å². The number of carbonyl (C=O) groups is 1. The van der Waals surface area contributed by atoms with Gasteiger partial charge in [-0.15, -0.1) is 5.25 Å². The minimum absolute atomic E-state index is 0. The minimum atomic E-state index is -0.442. The summed E-state index contributed by atoms with van der Waals surface area (Å²) in [5.74, 6) is 0.0550. The van der Waals surface area contributed by atoms with Crippen LogP contribution in [0.3, 0.4) is 0 Å².